The molecule has 3 aromatic rings. The second kappa shape index (κ2) is 6.87. The molecule has 0 aliphatic carbocycles. The summed E-state index contributed by atoms with van der Waals surface area (Å²) < 4.78 is 11.3. The zero-order valence-electron chi connectivity index (χ0n) is 14.2. The number of nitrogens with one attached hydrogen (secondary N) is 2. The Bertz CT molecular complexity index is 924. The van der Waals surface area contributed by atoms with Crippen LogP contribution in [-0.4, -0.2) is 28.2 Å². The number of hydrogen-bond acceptors (Lipinski definition) is 5. The molecule has 26 heavy (non-hydrogen) atoms. The van der Waals surface area contributed by atoms with Gasteiger partial charge in [-0.2, -0.15) is 5.10 Å². The van der Waals surface area contributed by atoms with Crippen LogP contribution >= 0.6 is 0 Å². The summed E-state index contributed by atoms with van der Waals surface area (Å²) in [5, 5.41) is 9.65. The van der Waals surface area contributed by atoms with Crippen molar-refractivity contribution in [2.24, 2.45) is 0 Å². The SMILES string of the molecule is COc1cc([C@@H]2CC(=O)Nc3[nH]ncc32)ccc1OCc1ccccn1. The smallest absolute Gasteiger partial charge is 0.226 e. The van der Waals surface area contributed by atoms with Crippen LogP contribution in [0.5, 0.6) is 11.5 Å². The summed E-state index contributed by atoms with van der Waals surface area (Å²) in [7, 11) is 1.60. The minimum atomic E-state index is -0.0729. The van der Waals surface area contributed by atoms with Crippen molar-refractivity contribution in [3.8, 4) is 11.5 Å². The first-order valence-electron chi connectivity index (χ1n) is 8.28. The van der Waals surface area contributed by atoms with Crippen LogP contribution in [0.3, 0.4) is 0 Å². The van der Waals surface area contributed by atoms with Crippen LogP contribution in [-0.2, 0) is 11.4 Å². The number of benzene rings is 1. The van der Waals surface area contributed by atoms with E-state index in [4.69, 9.17) is 9.47 Å². The van der Waals surface area contributed by atoms with E-state index in [0.29, 0.717) is 30.3 Å². The summed E-state index contributed by atoms with van der Waals surface area (Å²) in [5.74, 6) is 1.79. The molecule has 0 radical (unpaired) electrons. The highest BCUT2D eigenvalue weighted by Gasteiger charge is 2.28. The largest absolute Gasteiger partial charge is 0.493 e. The first kappa shape index (κ1) is 16.1. The Kier molecular flexibility index (Phi) is 4.27. The van der Waals surface area contributed by atoms with E-state index in [9.17, 15) is 4.79 Å². The Labute approximate surface area is 150 Å². The van der Waals surface area contributed by atoms with Crippen molar-refractivity contribution in [1.29, 1.82) is 0 Å². The lowest BCUT2D eigenvalue weighted by Crippen LogP contribution is -2.23. The van der Waals surface area contributed by atoms with Crippen molar-refractivity contribution in [3.63, 3.8) is 0 Å². The van der Waals surface area contributed by atoms with Crippen molar-refractivity contribution in [2.75, 3.05) is 12.4 Å². The molecule has 3 heterocycles. The van der Waals surface area contributed by atoms with Gasteiger partial charge in [0.1, 0.15) is 12.4 Å². The highest BCUT2D eigenvalue weighted by Crippen LogP contribution is 2.39. The average Bonchev–Trinajstić information content (AvgIpc) is 3.14. The fourth-order valence-corrected chi connectivity index (χ4v) is 3.10. The van der Waals surface area contributed by atoms with E-state index in [2.05, 4.69) is 20.5 Å². The minimum absolute atomic E-state index is 0.0406. The molecule has 1 aliphatic rings. The molecule has 1 aromatic carbocycles. The molecule has 0 spiro atoms. The number of ether oxygens (including phenoxy) is 2. The molecule has 0 unspecified atom stereocenters. The van der Waals surface area contributed by atoms with Gasteiger partial charge in [-0.15, -0.1) is 0 Å². The maximum atomic E-state index is 12.0. The Balaban J connectivity index is 1.59. The van der Waals surface area contributed by atoms with Gasteiger partial charge in [0.15, 0.2) is 11.5 Å². The highest BCUT2D eigenvalue weighted by atomic mass is 16.5. The van der Waals surface area contributed by atoms with E-state index in [-0.39, 0.29) is 11.8 Å². The molecular weight excluding hydrogens is 332 g/mol. The Morgan fingerprint density at radius 3 is 2.96 bits per heavy atom. The van der Waals surface area contributed by atoms with Crippen LogP contribution in [0.15, 0.2) is 48.8 Å². The Hall–Kier alpha value is -3.35. The molecule has 1 atom stereocenters. The standard InChI is InChI=1S/C19H18N4O3/c1-25-17-8-12(14-9-18(24)22-19-15(14)10-21-23-19)5-6-16(17)26-11-13-4-2-3-7-20-13/h2-8,10,14H,9,11H2,1H3,(H2,21,22,23,24)/t14-/m0/s1. The summed E-state index contributed by atoms with van der Waals surface area (Å²) >= 11 is 0. The van der Waals surface area contributed by atoms with Crippen LogP contribution in [0.1, 0.15) is 29.2 Å². The molecule has 4 rings (SSSR count). The van der Waals surface area contributed by atoms with Gasteiger partial charge < -0.3 is 14.8 Å². The maximum Gasteiger partial charge on any atom is 0.226 e. The quantitative estimate of drug-likeness (QED) is 0.738. The molecule has 7 nitrogen and oxygen atoms in total. The van der Waals surface area contributed by atoms with Gasteiger partial charge in [-0.3, -0.25) is 14.9 Å². The molecule has 0 saturated carbocycles. The van der Waals surface area contributed by atoms with Gasteiger partial charge in [-0.05, 0) is 29.8 Å². The van der Waals surface area contributed by atoms with E-state index in [1.165, 1.54) is 0 Å². The number of methoxy groups -OCH3 is 1. The lowest BCUT2D eigenvalue weighted by Gasteiger charge is -2.23. The Morgan fingerprint density at radius 1 is 1.23 bits per heavy atom. The number of H-pyrrole nitrogens is 1. The maximum absolute atomic E-state index is 12.0. The Morgan fingerprint density at radius 2 is 2.15 bits per heavy atom. The van der Waals surface area contributed by atoms with Gasteiger partial charge in [0.05, 0.1) is 19.0 Å². The fraction of sp³-hybridized carbons (Fsp3) is 0.211. The lowest BCUT2D eigenvalue weighted by atomic mass is 9.87. The third-order valence-electron chi connectivity index (χ3n) is 4.39. The third kappa shape index (κ3) is 3.11. The van der Waals surface area contributed by atoms with Gasteiger partial charge in [0.25, 0.3) is 0 Å². The lowest BCUT2D eigenvalue weighted by molar-refractivity contribution is -0.116. The number of carbonyl (C=O) groups excluding carboxylic acids is 1. The molecule has 0 fully saturated rings. The van der Waals surface area contributed by atoms with E-state index in [1.54, 1.807) is 19.5 Å². The number of aromatic nitrogens is 3. The van der Waals surface area contributed by atoms with Crippen LogP contribution in [0, 0.1) is 0 Å². The van der Waals surface area contributed by atoms with Crippen LogP contribution in [0.25, 0.3) is 0 Å². The van der Waals surface area contributed by atoms with E-state index < -0.39 is 0 Å². The van der Waals surface area contributed by atoms with Crippen molar-refractivity contribution < 1.29 is 14.3 Å². The normalized spacial score (nSPS) is 15.9. The molecule has 132 valence electrons. The number of rotatable bonds is 5. The predicted octanol–water partition coefficient (Wildman–Crippen LogP) is 2.87. The summed E-state index contributed by atoms with van der Waals surface area (Å²) in [6.45, 7) is 0.355. The first-order valence-corrected chi connectivity index (χ1v) is 8.28. The van der Waals surface area contributed by atoms with E-state index in [1.807, 2.05) is 36.4 Å². The number of fused-ring (bicyclic) bond motifs is 1. The number of anilines is 1. The van der Waals surface area contributed by atoms with E-state index >= 15 is 0 Å². The fourth-order valence-electron chi connectivity index (χ4n) is 3.10. The van der Waals surface area contributed by atoms with Gasteiger partial charge in [-0.1, -0.05) is 12.1 Å². The van der Waals surface area contributed by atoms with Gasteiger partial charge >= 0.3 is 0 Å². The molecular formula is C19H18N4O3. The number of carbonyl (C=O) groups is 1. The van der Waals surface area contributed by atoms with Crippen molar-refractivity contribution in [3.05, 3.63) is 65.6 Å². The van der Waals surface area contributed by atoms with Gasteiger partial charge in [0, 0.05) is 24.1 Å². The van der Waals surface area contributed by atoms with Crippen molar-refractivity contribution >= 4 is 11.7 Å². The van der Waals surface area contributed by atoms with Crippen LogP contribution in [0.2, 0.25) is 0 Å². The number of pyridine rings is 1. The van der Waals surface area contributed by atoms with Crippen LogP contribution < -0.4 is 14.8 Å². The van der Waals surface area contributed by atoms with Gasteiger partial charge in [-0.25, -0.2) is 0 Å². The summed E-state index contributed by atoms with van der Waals surface area (Å²) in [6, 6.07) is 11.4. The minimum Gasteiger partial charge on any atom is -0.493 e. The third-order valence-corrected chi connectivity index (χ3v) is 4.39. The molecule has 1 aliphatic heterocycles. The summed E-state index contributed by atoms with van der Waals surface area (Å²) in [5.41, 5.74) is 2.78. The zero-order chi connectivity index (χ0) is 17.9. The number of hydrogen-bond donors (Lipinski definition) is 2. The van der Waals surface area contributed by atoms with E-state index in [0.717, 1.165) is 16.8 Å². The molecule has 0 saturated heterocycles. The molecule has 2 N–H and O–H groups in total. The number of nitrogens with zero attached hydrogens (tertiary/aromatic N) is 2. The molecule has 7 heteroatoms. The highest BCUT2D eigenvalue weighted by molar-refractivity contribution is 5.94. The number of amides is 1. The topological polar surface area (TPSA) is 89.1 Å². The molecule has 0 bridgehead atoms. The predicted molar refractivity (Wildman–Crippen MR) is 95.2 cm³/mol. The number of aromatic amines is 1. The second-order valence-corrected chi connectivity index (χ2v) is 6.03. The molecule has 2 aromatic heterocycles. The molecule has 1 amide bonds. The first-order chi connectivity index (χ1) is 12.7. The van der Waals surface area contributed by atoms with Crippen LogP contribution in [0.4, 0.5) is 5.82 Å². The van der Waals surface area contributed by atoms with Crippen molar-refractivity contribution in [2.45, 2.75) is 18.9 Å². The monoisotopic (exact) mass is 350 g/mol. The van der Waals surface area contributed by atoms with Crippen molar-refractivity contribution in [1.82, 2.24) is 15.2 Å². The summed E-state index contributed by atoms with van der Waals surface area (Å²) in [6.07, 6.45) is 3.84. The zero-order valence-corrected chi connectivity index (χ0v) is 14.2. The summed E-state index contributed by atoms with van der Waals surface area (Å²) in [4.78, 5) is 16.2. The average molecular weight is 350 g/mol. The van der Waals surface area contributed by atoms with Gasteiger partial charge in [0.2, 0.25) is 5.91 Å². The second-order valence-electron chi connectivity index (χ2n) is 6.03.